The Kier molecular flexibility index (Phi) is 5.68. The van der Waals surface area contributed by atoms with Gasteiger partial charge in [-0.15, -0.1) is 0 Å². The number of aromatic nitrogens is 1. The van der Waals surface area contributed by atoms with Crippen LogP contribution in [0.2, 0.25) is 10.2 Å². The quantitative estimate of drug-likeness (QED) is 0.558. The van der Waals surface area contributed by atoms with Gasteiger partial charge in [-0.3, -0.25) is 0 Å². The molecule has 2 aromatic carbocycles. The molecule has 2 N–H and O–H groups in total. The van der Waals surface area contributed by atoms with Gasteiger partial charge in [0, 0.05) is 0 Å². The predicted molar refractivity (Wildman–Crippen MR) is 104 cm³/mol. The van der Waals surface area contributed by atoms with E-state index in [1.54, 1.807) is 49.4 Å². The van der Waals surface area contributed by atoms with Crippen LogP contribution in [0, 0.1) is 6.92 Å². The molecule has 1 atom stereocenters. The molecule has 0 radical (unpaired) electrons. The number of fused-ring (bicyclic) bond motifs is 1. The Labute approximate surface area is 166 Å². The first-order valence-corrected chi connectivity index (χ1v) is 10.8. The summed E-state index contributed by atoms with van der Waals surface area (Å²) in [6, 6.07) is 12.0. The van der Waals surface area contributed by atoms with Crippen molar-refractivity contribution in [1.82, 2.24) is 4.98 Å². The van der Waals surface area contributed by atoms with Crippen molar-refractivity contribution in [3.05, 3.63) is 58.9 Å². The first-order chi connectivity index (χ1) is 12.8. The van der Waals surface area contributed by atoms with Crippen LogP contribution in [0.4, 0.5) is 0 Å². The van der Waals surface area contributed by atoms with Crippen molar-refractivity contribution < 1.29 is 24.5 Å². The van der Waals surface area contributed by atoms with Gasteiger partial charge in [0.1, 0.15) is 0 Å². The number of ether oxygens (including phenoxy) is 1. The van der Waals surface area contributed by atoms with Crippen molar-refractivity contribution in [1.29, 1.82) is 0 Å². The minimum absolute atomic E-state index is 0.0624. The Morgan fingerprint density at radius 1 is 1.11 bits per heavy atom. The fraction of sp³-hybridized carbons (Fsp3) is 0.105. The number of carbonyl (C=O) groups excluding carboxylic acids is 1. The number of hydrogen-bond donors (Lipinski definition) is 2. The average Bonchev–Trinajstić information content (AvgIpc) is 2.64. The molecule has 27 heavy (non-hydrogen) atoms. The molecule has 1 aromatic heterocycles. The molecular formula is C19H15AsClNO5. The molecule has 1 heterocycles. The van der Waals surface area contributed by atoms with E-state index in [-0.39, 0.29) is 21.2 Å². The van der Waals surface area contributed by atoms with E-state index in [0.29, 0.717) is 33.0 Å². The van der Waals surface area contributed by atoms with Gasteiger partial charge in [-0.05, 0) is 0 Å². The van der Waals surface area contributed by atoms with E-state index in [0.717, 1.165) is 0 Å². The molecule has 0 saturated carbocycles. The van der Waals surface area contributed by atoms with Gasteiger partial charge in [0.25, 0.3) is 0 Å². The zero-order valence-corrected chi connectivity index (χ0v) is 17.0. The molecule has 1 unspecified atom stereocenters. The fourth-order valence-electron chi connectivity index (χ4n) is 2.54. The molecule has 0 aliphatic carbocycles. The maximum atomic E-state index is 12.2. The number of hydrogen-bond acceptors (Lipinski definition) is 5. The van der Waals surface area contributed by atoms with E-state index in [1.165, 1.54) is 0 Å². The Balaban J connectivity index is 1.94. The molecule has 3 aromatic rings. The van der Waals surface area contributed by atoms with Crippen LogP contribution in [0.3, 0.4) is 0 Å². The number of aromatic hydroxyl groups is 1. The molecule has 0 aliphatic heterocycles. The number of pyridine rings is 1. The van der Waals surface area contributed by atoms with E-state index < -0.39 is 21.7 Å². The normalized spacial score (nSPS) is 11.2. The molecule has 0 bridgehead atoms. The third-order valence-electron chi connectivity index (χ3n) is 3.80. The number of halogens is 1. The van der Waals surface area contributed by atoms with E-state index >= 15 is 0 Å². The van der Waals surface area contributed by atoms with Crippen molar-refractivity contribution in [3.8, 4) is 17.2 Å². The van der Waals surface area contributed by atoms with Gasteiger partial charge >= 0.3 is 155 Å². The van der Waals surface area contributed by atoms with Crippen molar-refractivity contribution in [3.63, 3.8) is 0 Å². The Bertz CT molecular complexity index is 1040. The molecule has 0 aliphatic rings. The van der Waals surface area contributed by atoms with Gasteiger partial charge < -0.3 is 0 Å². The predicted octanol–water partition coefficient (Wildman–Crippen LogP) is 3.77. The van der Waals surface area contributed by atoms with Crippen LogP contribution in [-0.4, -0.2) is 41.5 Å². The molecule has 3 rings (SSSR count). The minimum atomic E-state index is -1.43. The Hall–Kier alpha value is -2.56. The second-order valence-corrected chi connectivity index (χ2v) is 8.61. The third-order valence-corrected chi connectivity index (χ3v) is 6.23. The second kappa shape index (κ2) is 7.99. The topological polar surface area (TPSA) is 96.7 Å². The summed E-state index contributed by atoms with van der Waals surface area (Å²) >= 11 is 4.43. The summed E-state index contributed by atoms with van der Waals surface area (Å²) in [5.74, 6) is -0.0934. The van der Waals surface area contributed by atoms with Crippen LogP contribution in [0.1, 0.15) is 16.2 Å². The number of aliphatic carboxylic acids is 1. The summed E-state index contributed by atoms with van der Waals surface area (Å²) in [6.07, 6.45) is 0. The molecule has 0 saturated heterocycles. The standard InChI is InChI=1S/C19H15AsClNO5/c1-10-15-8-13(27-12-4-2-11(21)3-5-12)6-7-14(15)18(25)17(22-10)19(26)20-9-16(23)24/h2-8,20,25H,9H2,1H3,(H,23,24). The molecule has 0 amide bonds. The van der Waals surface area contributed by atoms with Gasteiger partial charge in [0.2, 0.25) is 0 Å². The number of carboxylic acid groups (broad SMARTS) is 1. The number of aryl methyl sites for hydroxylation is 1. The molecular weight excluding hydrogens is 433 g/mol. The molecule has 0 fully saturated rings. The Morgan fingerprint density at radius 3 is 2.44 bits per heavy atom. The number of carboxylic acids is 1. The van der Waals surface area contributed by atoms with Gasteiger partial charge in [-0.2, -0.15) is 0 Å². The van der Waals surface area contributed by atoms with E-state index in [2.05, 4.69) is 4.98 Å². The summed E-state index contributed by atoms with van der Waals surface area (Å²) < 4.78 is 5.40. The van der Waals surface area contributed by atoms with E-state index in [4.69, 9.17) is 21.4 Å². The average molecular weight is 448 g/mol. The number of carbonyl (C=O) groups is 2. The van der Waals surface area contributed by atoms with Crippen LogP contribution in [-0.2, 0) is 4.79 Å². The first kappa shape index (κ1) is 19.2. The molecule has 6 nitrogen and oxygen atoms in total. The summed E-state index contributed by atoms with van der Waals surface area (Å²) in [5.41, 5.74) is 0.488. The van der Waals surface area contributed by atoms with Gasteiger partial charge in [-0.1, -0.05) is 11.6 Å². The van der Waals surface area contributed by atoms with E-state index in [1.807, 2.05) is 0 Å². The first-order valence-electron chi connectivity index (χ1n) is 7.92. The van der Waals surface area contributed by atoms with E-state index in [9.17, 15) is 14.7 Å². The molecule has 138 valence electrons. The van der Waals surface area contributed by atoms with Crippen molar-refractivity contribution in [2.45, 2.75) is 12.1 Å². The summed E-state index contributed by atoms with van der Waals surface area (Å²) in [4.78, 5) is 27.1. The second-order valence-electron chi connectivity index (χ2n) is 5.73. The number of benzene rings is 2. The van der Waals surface area contributed by atoms with Crippen LogP contribution in [0.5, 0.6) is 17.2 Å². The third kappa shape index (κ3) is 4.41. The summed E-state index contributed by atoms with van der Waals surface area (Å²) in [6.45, 7) is 1.72. The van der Waals surface area contributed by atoms with Crippen molar-refractivity contribution in [2.75, 3.05) is 0 Å². The van der Waals surface area contributed by atoms with Crippen molar-refractivity contribution >= 4 is 48.7 Å². The summed E-state index contributed by atoms with van der Waals surface area (Å²) in [5, 5.41) is 20.7. The zero-order chi connectivity index (χ0) is 19.6. The monoisotopic (exact) mass is 447 g/mol. The number of nitrogens with zero attached hydrogens (tertiary/aromatic N) is 1. The van der Waals surface area contributed by atoms with Gasteiger partial charge in [-0.25, -0.2) is 0 Å². The van der Waals surface area contributed by atoms with Crippen molar-refractivity contribution in [2.24, 2.45) is 0 Å². The van der Waals surface area contributed by atoms with Gasteiger partial charge in [0.15, 0.2) is 0 Å². The Morgan fingerprint density at radius 2 is 1.78 bits per heavy atom. The van der Waals surface area contributed by atoms with Crippen LogP contribution in [0.15, 0.2) is 42.5 Å². The SMILES string of the molecule is Cc1nc(C(=O)[AsH]CC(=O)O)c(O)c2ccc(Oc3ccc(Cl)cc3)cc12. The molecule has 8 heteroatoms. The molecule has 0 spiro atoms. The van der Waals surface area contributed by atoms with Crippen LogP contribution < -0.4 is 4.74 Å². The van der Waals surface area contributed by atoms with Crippen LogP contribution >= 0.6 is 11.6 Å². The van der Waals surface area contributed by atoms with Crippen LogP contribution in [0.25, 0.3) is 10.8 Å². The fourth-order valence-corrected chi connectivity index (χ4v) is 4.03. The summed E-state index contributed by atoms with van der Waals surface area (Å²) in [7, 11) is 0. The number of rotatable bonds is 6. The van der Waals surface area contributed by atoms with Gasteiger partial charge in [0.05, 0.1) is 0 Å². The maximum absolute atomic E-state index is 12.2. The zero-order valence-electron chi connectivity index (χ0n) is 14.2.